The monoisotopic (exact) mass is 756 g/mol. The molecule has 4 saturated heterocycles. The highest BCUT2D eigenvalue weighted by Gasteiger charge is 2.68. The van der Waals surface area contributed by atoms with Crippen molar-refractivity contribution in [1.29, 1.82) is 0 Å². The first-order valence-electron chi connectivity index (χ1n) is 19.6. The van der Waals surface area contributed by atoms with Gasteiger partial charge in [-0.2, -0.15) is 0 Å². The third kappa shape index (κ3) is 6.29. The molecule has 4 saturated carbocycles. The Morgan fingerprint density at radius 3 is 2.09 bits per heavy atom. The van der Waals surface area contributed by atoms with Gasteiger partial charge in [0.1, 0.15) is 73.2 Å². The number of aliphatic hydroxyl groups excluding tert-OH is 8. The highest BCUT2D eigenvalue weighted by Crippen LogP contribution is 2.73. The lowest BCUT2D eigenvalue weighted by Crippen LogP contribution is -2.66. The van der Waals surface area contributed by atoms with Crippen LogP contribution in [0.4, 0.5) is 0 Å². The van der Waals surface area contributed by atoms with E-state index in [2.05, 4.69) is 27.4 Å². The zero-order valence-electron chi connectivity index (χ0n) is 30.9. The SMILES string of the molecule is C=C1C[C@@]23CC[C@@H]4C(C)(C)CCC[C@@]4(C)[C@@H]2CC[C@]1(OC1OC(COC2OC(CO)C4OC4C2O)C(O)C(O)C1OC1OC(CO)C(O)C(O)C1O)C3. The summed E-state index contributed by atoms with van der Waals surface area (Å²) < 4.78 is 42.1. The van der Waals surface area contributed by atoms with Crippen molar-refractivity contribution in [2.45, 2.75) is 176 Å². The maximum atomic E-state index is 11.7. The van der Waals surface area contributed by atoms with Gasteiger partial charge in [0.25, 0.3) is 0 Å². The molecule has 8 rings (SSSR count). The van der Waals surface area contributed by atoms with Gasteiger partial charge in [0.2, 0.25) is 0 Å². The normalized spacial score (nSPS) is 55.9. The zero-order valence-corrected chi connectivity index (χ0v) is 30.9. The van der Waals surface area contributed by atoms with Crippen LogP contribution in [0, 0.1) is 28.1 Å². The van der Waals surface area contributed by atoms with Crippen LogP contribution in [0.3, 0.4) is 0 Å². The van der Waals surface area contributed by atoms with Crippen molar-refractivity contribution < 1.29 is 74.0 Å². The molecule has 0 aromatic rings. The van der Waals surface area contributed by atoms with Crippen molar-refractivity contribution in [1.82, 2.24) is 0 Å². The van der Waals surface area contributed by atoms with Crippen LogP contribution >= 0.6 is 0 Å². The molecule has 15 nitrogen and oxygen atoms in total. The molecule has 4 aliphatic heterocycles. The Morgan fingerprint density at radius 1 is 0.679 bits per heavy atom. The molecule has 15 heteroatoms. The minimum absolute atomic E-state index is 0.0165. The molecule has 302 valence electrons. The molecule has 0 radical (unpaired) electrons. The van der Waals surface area contributed by atoms with E-state index in [1.165, 1.54) is 19.3 Å². The molecule has 0 amide bonds. The lowest BCUT2D eigenvalue weighted by molar-refractivity contribution is -0.381. The summed E-state index contributed by atoms with van der Waals surface area (Å²) in [5, 5.41) is 84.9. The Hall–Kier alpha value is -0.860. The first-order valence-corrected chi connectivity index (χ1v) is 19.6. The first kappa shape index (κ1) is 39.0. The van der Waals surface area contributed by atoms with Crippen LogP contribution in [-0.2, 0) is 33.2 Å². The first-order chi connectivity index (χ1) is 25.1. The van der Waals surface area contributed by atoms with Gasteiger partial charge in [-0.15, -0.1) is 0 Å². The number of aliphatic hydroxyl groups is 8. The van der Waals surface area contributed by atoms with E-state index in [0.29, 0.717) is 24.7 Å². The Kier molecular flexibility index (Phi) is 10.2. The fraction of sp³-hybridized carbons (Fsp3) is 0.947. The quantitative estimate of drug-likeness (QED) is 0.0851. The van der Waals surface area contributed by atoms with E-state index in [1.807, 2.05) is 0 Å². The van der Waals surface area contributed by atoms with Crippen LogP contribution in [-0.4, -0.2) is 158 Å². The van der Waals surface area contributed by atoms with Crippen LogP contribution < -0.4 is 0 Å². The predicted octanol–water partition coefficient (Wildman–Crippen LogP) is -0.391. The van der Waals surface area contributed by atoms with Gasteiger partial charge in [0.05, 0.1) is 25.4 Å². The summed E-state index contributed by atoms with van der Waals surface area (Å²) in [6.45, 7) is 10.5. The van der Waals surface area contributed by atoms with E-state index >= 15 is 0 Å². The fourth-order valence-electron chi connectivity index (χ4n) is 12.3. The van der Waals surface area contributed by atoms with Crippen LogP contribution in [0.25, 0.3) is 0 Å². The van der Waals surface area contributed by atoms with Crippen LogP contribution in [0.1, 0.15) is 78.6 Å². The molecule has 2 bridgehead atoms. The lowest BCUT2D eigenvalue weighted by atomic mass is 9.41. The number of ether oxygens (including phenoxy) is 7. The predicted molar refractivity (Wildman–Crippen MR) is 181 cm³/mol. The molecule has 0 aromatic carbocycles. The maximum absolute atomic E-state index is 11.7. The molecule has 1 spiro atoms. The van der Waals surface area contributed by atoms with Crippen molar-refractivity contribution in [2.24, 2.45) is 28.1 Å². The summed E-state index contributed by atoms with van der Waals surface area (Å²) in [5.74, 6) is 1.12. The lowest BCUT2D eigenvalue weighted by Gasteiger charge is -2.64. The highest BCUT2D eigenvalue weighted by atomic mass is 16.8. The molecule has 8 aliphatic rings. The second-order valence-corrected chi connectivity index (χ2v) is 18.4. The molecule has 8 fully saturated rings. The van der Waals surface area contributed by atoms with Gasteiger partial charge in [0.15, 0.2) is 18.9 Å². The van der Waals surface area contributed by atoms with E-state index in [-0.39, 0.29) is 29.5 Å². The average Bonchev–Trinajstić information content (AvgIpc) is 3.89. The number of hydrogen-bond acceptors (Lipinski definition) is 15. The number of hydrogen-bond donors (Lipinski definition) is 8. The zero-order chi connectivity index (χ0) is 37.8. The molecular formula is C38H60O15. The van der Waals surface area contributed by atoms with Crippen LogP contribution in [0.2, 0.25) is 0 Å². The smallest absolute Gasteiger partial charge is 0.188 e. The summed E-state index contributed by atoms with van der Waals surface area (Å²) in [6, 6.07) is 0. The van der Waals surface area contributed by atoms with Crippen LogP contribution in [0.5, 0.6) is 0 Å². The van der Waals surface area contributed by atoms with Gasteiger partial charge < -0.3 is 74.0 Å². The van der Waals surface area contributed by atoms with E-state index in [4.69, 9.17) is 33.2 Å². The average molecular weight is 757 g/mol. The molecule has 4 aliphatic carbocycles. The summed E-state index contributed by atoms with van der Waals surface area (Å²) in [5.41, 5.74) is 0.556. The Labute approximate surface area is 310 Å². The minimum atomic E-state index is -1.77. The maximum Gasteiger partial charge on any atom is 0.188 e. The molecular weight excluding hydrogens is 696 g/mol. The Bertz CT molecular complexity index is 1360. The summed E-state index contributed by atoms with van der Waals surface area (Å²) in [7, 11) is 0. The summed E-state index contributed by atoms with van der Waals surface area (Å²) >= 11 is 0. The van der Waals surface area contributed by atoms with E-state index in [9.17, 15) is 40.9 Å². The van der Waals surface area contributed by atoms with Crippen LogP contribution in [0.15, 0.2) is 12.2 Å². The molecule has 20 atom stereocenters. The third-order valence-corrected chi connectivity index (χ3v) is 15.0. The van der Waals surface area contributed by atoms with Crippen molar-refractivity contribution in [2.75, 3.05) is 19.8 Å². The Morgan fingerprint density at radius 2 is 1.36 bits per heavy atom. The van der Waals surface area contributed by atoms with Crippen molar-refractivity contribution in [3.05, 3.63) is 12.2 Å². The highest BCUT2D eigenvalue weighted by molar-refractivity contribution is 5.30. The summed E-state index contributed by atoms with van der Waals surface area (Å²) in [6.07, 6.45) is -10.5. The van der Waals surface area contributed by atoms with Crippen molar-refractivity contribution in [3.63, 3.8) is 0 Å². The van der Waals surface area contributed by atoms with Gasteiger partial charge in [-0.3, -0.25) is 0 Å². The van der Waals surface area contributed by atoms with E-state index in [0.717, 1.165) is 31.3 Å². The topological polar surface area (TPSA) is 230 Å². The fourth-order valence-corrected chi connectivity index (χ4v) is 12.3. The van der Waals surface area contributed by atoms with E-state index in [1.54, 1.807) is 0 Å². The van der Waals surface area contributed by atoms with Gasteiger partial charge in [-0.05, 0) is 85.0 Å². The minimum Gasteiger partial charge on any atom is -0.394 e. The van der Waals surface area contributed by atoms with Crippen molar-refractivity contribution in [3.8, 4) is 0 Å². The molecule has 0 aromatic heterocycles. The van der Waals surface area contributed by atoms with Gasteiger partial charge in [-0.25, -0.2) is 0 Å². The molecule has 15 unspecified atom stereocenters. The largest absolute Gasteiger partial charge is 0.394 e. The number of fused-ring (bicyclic) bond motifs is 4. The van der Waals surface area contributed by atoms with Gasteiger partial charge >= 0.3 is 0 Å². The Balaban J connectivity index is 1.05. The van der Waals surface area contributed by atoms with E-state index < -0.39 is 104 Å². The second kappa shape index (κ2) is 13.9. The number of rotatable bonds is 9. The molecule has 8 N–H and O–H groups in total. The standard InChI is InChI=1S/C38H60O15/c1-17-12-37-10-6-21-35(2,3)8-5-9-36(21,4)22(37)7-11-38(17,16-37)53-34-31(52-33-27(45)25(43)23(41)18(13-39)48-33)26(44)24(42)20(50-34)15-47-32-28(46)30-29(51-30)19(14-40)49-32/h18-34,39-46H,1,5-16H2,2-4H3/t18?,19?,20?,21-,22+,23?,24?,25?,26?,27?,28?,29?,30?,31?,32?,33?,34?,36-,37-,38+/m1/s1. The van der Waals surface area contributed by atoms with Gasteiger partial charge in [0, 0.05) is 0 Å². The molecule has 53 heavy (non-hydrogen) atoms. The summed E-state index contributed by atoms with van der Waals surface area (Å²) in [4.78, 5) is 0. The second-order valence-electron chi connectivity index (χ2n) is 18.4. The molecule has 4 heterocycles. The number of epoxide rings is 1. The third-order valence-electron chi connectivity index (χ3n) is 15.0. The van der Waals surface area contributed by atoms with Gasteiger partial charge in [-0.1, -0.05) is 33.8 Å². The van der Waals surface area contributed by atoms with Crippen molar-refractivity contribution >= 4 is 0 Å².